The first-order valence-corrected chi connectivity index (χ1v) is 10.2. The van der Waals surface area contributed by atoms with E-state index in [1.54, 1.807) is 0 Å². The maximum Gasteiger partial charge on any atom is 0.419 e. The average Bonchev–Trinajstić information content (AvgIpc) is 3.18. The van der Waals surface area contributed by atoms with Gasteiger partial charge < -0.3 is 9.73 Å². The number of thiazole rings is 1. The van der Waals surface area contributed by atoms with Crippen LogP contribution in [-0.4, -0.2) is 26.1 Å². The summed E-state index contributed by atoms with van der Waals surface area (Å²) in [5.74, 6) is -0.560. The molecule has 0 saturated heterocycles. The minimum absolute atomic E-state index is 0.134. The summed E-state index contributed by atoms with van der Waals surface area (Å²) >= 11 is 2.68. The fraction of sp³-hybridized carbons (Fsp3) is 0.294. The van der Waals surface area contributed by atoms with E-state index in [4.69, 9.17) is 9.68 Å². The molecule has 0 fully saturated rings. The Kier molecular flexibility index (Phi) is 6.30. The number of oxazole rings is 1. The SMILES string of the molecule is Cc1nc(NC(=O)CCCn2c(=O)oc3cc([N+](=O)[O-])ccc32)sc1SCC#N. The molecular weight excluding hydrogens is 418 g/mol. The van der Waals surface area contributed by atoms with Gasteiger partial charge in [-0.15, -0.1) is 0 Å². The third-order valence-electron chi connectivity index (χ3n) is 3.92. The van der Waals surface area contributed by atoms with Crippen LogP contribution in [-0.2, 0) is 11.3 Å². The topological polar surface area (TPSA) is 144 Å². The number of nitrogens with one attached hydrogen (secondary N) is 1. The fourth-order valence-corrected chi connectivity index (χ4v) is 4.44. The van der Waals surface area contributed by atoms with Crippen molar-refractivity contribution in [2.45, 2.75) is 30.5 Å². The number of nitrogens with zero attached hydrogens (tertiary/aromatic N) is 4. The van der Waals surface area contributed by atoms with Crippen molar-refractivity contribution in [1.29, 1.82) is 5.26 Å². The number of anilines is 1. The number of amides is 1. The van der Waals surface area contributed by atoms with Gasteiger partial charge in [-0.2, -0.15) is 5.26 Å². The summed E-state index contributed by atoms with van der Waals surface area (Å²) in [7, 11) is 0. The lowest BCUT2D eigenvalue weighted by atomic mass is 10.2. The van der Waals surface area contributed by atoms with Crippen LogP contribution in [0.1, 0.15) is 18.5 Å². The quantitative estimate of drug-likeness (QED) is 0.324. The Hall–Kier alpha value is -3.17. The summed E-state index contributed by atoms with van der Waals surface area (Å²) in [6.45, 7) is 2.05. The standard InChI is InChI=1S/C17H15N5O5S2/c1-10-15(28-8-6-18)29-16(19-10)20-14(23)3-2-7-21-12-5-4-11(22(25)26)9-13(12)27-17(21)24/h4-5,9H,2-3,7-8H2,1H3,(H,19,20,23). The van der Waals surface area contributed by atoms with E-state index in [0.29, 0.717) is 22.8 Å². The molecule has 10 nitrogen and oxygen atoms in total. The first-order valence-electron chi connectivity index (χ1n) is 8.44. The first kappa shape index (κ1) is 20.6. The number of fused-ring (bicyclic) bond motifs is 1. The smallest absolute Gasteiger partial charge is 0.407 e. The van der Waals surface area contributed by atoms with E-state index in [-0.39, 0.29) is 30.1 Å². The first-order chi connectivity index (χ1) is 13.9. The molecule has 0 radical (unpaired) electrons. The predicted octanol–water partition coefficient (Wildman–Crippen LogP) is 3.30. The maximum absolute atomic E-state index is 12.2. The molecule has 0 atom stereocenters. The number of nitro benzene ring substituents is 1. The number of nitro groups is 1. The van der Waals surface area contributed by atoms with Gasteiger partial charge in [0.1, 0.15) is 0 Å². The second-order valence-electron chi connectivity index (χ2n) is 5.92. The molecule has 1 N–H and O–H groups in total. The molecule has 150 valence electrons. The number of nitriles is 1. The van der Waals surface area contributed by atoms with Gasteiger partial charge >= 0.3 is 5.76 Å². The van der Waals surface area contributed by atoms with Crippen molar-refractivity contribution in [3.63, 3.8) is 0 Å². The summed E-state index contributed by atoms with van der Waals surface area (Å²) < 4.78 is 7.29. The Morgan fingerprint density at radius 3 is 3.03 bits per heavy atom. The largest absolute Gasteiger partial charge is 0.419 e. The number of hydrogen-bond acceptors (Lipinski definition) is 9. The molecule has 1 aromatic carbocycles. The Bertz CT molecular complexity index is 1170. The maximum atomic E-state index is 12.2. The summed E-state index contributed by atoms with van der Waals surface area (Å²) in [4.78, 5) is 38.7. The molecule has 0 bridgehead atoms. The Morgan fingerprint density at radius 2 is 2.31 bits per heavy atom. The zero-order chi connectivity index (χ0) is 21.0. The third-order valence-corrected chi connectivity index (χ3v) is 6.22. The van der Waals surface area contributed by atoms with Crippen molar-refractivity contribution in [2.24, 2.45) is 0 Å². The molecule has 0 aliphatic carbocycles. The van der Waals surface area contributed by atoms with Crippen LogP contribution < -0.4 is 11.1 Å². The number of thioether (sulfide) groups is 1. The Balaban J connectivity index is 1.59. The molecule has 2 heterocycles. The molecule has 0 unspecified atom stereocenters. The van der Waals surface area contributed by atoms with Crippen LogP contribution in [0.25, 0.3) is 11.1 Å². The zero-order valence-electron chi connectivity index (χ0n) is 15.2. The van der Waals surface area contributed by atoms with Crippen LogP contribution in [0.3, 0.4) is 0 Å². The van der Waals surface area contributed by atoms with Crippen LogP contribution in [0.5, 0.6) is 0 Å². The second-order valence-corrected chi connectivity index (χ2v) is 8.16. The number of hydrogen-bond donors (Lipinski definition) is 1. The Labute approximate surface area is 172 Å². The summed E-state index contributed by atoms with van der Waals surface area (Å²) in [5, 5.41) is 22.7. The van der Waals surface area contributed by atoms with Crippen LogP contribution >= 0.6 is 23.1 Å². The van der Waals surface area contributed by atoms with Crippen molar-refractivity contribution >= 4 is 50.9 Å². The number of benzene rings is 1. The van der Waals surface area contributed by atoms with Crippen molar-refractivity contribution < 1.29 is 14.1 Å². The van der Waals surface area contributed by atoms with Gasteiger partial charge in [-0.1, -0.05) is 23.1 Å². The molecule has 0 aliphatic heterocycles. The van der Waals surface area contributed by atoms with Crippen molar-refractivity contribution in [3.05, 3.63) is 44.6 Å². The van der Waals surface area contributed by atoms with E-state index < -0.39 is 10.7 Å². The van der Waals surface area contributed by atoms with Gasteiger partial charge in [0.05, 0.1) is 38.2 Å². The minimum atomic E-state index is -0.629. The van der Waals surface area contributed by atoms with Crippen LogP contribution in [0.4, 0.5) is 10.8 Å². The van der Waals surface area contributed by atoms with E-state index in [1.807, 2.05) is 13.0 Å². The highest BCUT2D eigenvalue weighted by Gasteiger charge is 2.15. The lowest BCUT2D eigenvalue weighted by molar-refractivity contribution is -0.384. The molecule has 0 saturated carbocycles. The molecule has 3 aromatic rings. The minimum Gasteiger partial charge on any atom is -0.407 e. The highest BCUT2D eigenvalue weighted by Crippen LogP contribution is 2.31. The molecular formula is C17H15N5O5S2. The van der Waals surface area contributed by atoms with Gasteiger partial charge in [0, 0.05) is 19.0 Å². The average molecular weight is 433 g/mol. The lowest BCUT2D eigenvalue weighted by Crippen LogP contribution is -2.17. The zero-order valence-corrected chi connectivity index (χ0v) is 16.8. The Morgan fingerprint density at radius 1 is 1.52 bits per heavy atom. The molecule has 12 heteroatoms. The predicted molar refractivity (Wildman–Crippen MR) is 108 cm³/mol. The number of aromatic nitrogens is 2. The summed E-state index contributed by atoms with van der Waals surface area (Å²) in [5.41, 5.74) is 1.17. The van der Waals surface area contributed by atoms with Crippen molar-refractivity contribution in [1.82, 2.24) is 9.55 Å². The van der Waals surface area contributed by atoms with Crippen molar-refractivity contribution in [3.8, 4) is 6.07 Å². The molecule has 3 rings (SSSR count). The van der Waals surface area contributed by atoms with E-state index in [9.17, 15) is 19.7 Å². The number of non-ortho nitro benzene ring substituents is 1. The van der Waals surface area contributed by atoms with Gasteiger partial charge in [0.15, 0.2) is 10.7 Å². The van der Waals surface area contributed by atoms with E-state index >= 15 is 0 Å². The summed E-state index contributed by atoms with van der Waals surface area (Å²) in [6, 6.07) is 6.00. The van der Waals surface area contributed by atoms with E-state index in [2.05, 4.69) is 10.3 Å². The highest BCUT2D eigenvalue weighted by molar-refractivity contribution is 8.01. The number of carbonyl (C=O) groups is 1. The highest BCUT2D eigenvalue weighted by atomic mass is 32.2. The summed E-state index contributed by atoms with van der Waals surface area (Å²) in [6.07, 6.45) is 0.531. The molecule has 29 heavy (non-hydrogen) atoms. The van der Waals surface area contributed by atoms with E-state index in [1.165, 1.54) is 45.9 Å². The van der Waals surface area contributed by atoms with Crippen molar-refractivity contribution in [2.75, 3.05) is 11.1 Å². The lowest BCUT2D eigenvalue weighted by Gasteiger charge is -2.03. The monoisotopic (exact) mass is 433 g/mol. The molecule has 0 aliphatic rings. The normalized spacial score (nSPS) is 10.8. The molecule has 1 amide bonds. The number of rotatable bonds is 8. The van der Waals surface area contributed by atoms with Crippen LogP contribution in [0.2, 0.25) is 0 Å². The number of carbonyl (C=O) groups excluding carboxylic acids is 1. The van der Waals surface area contributed by atoms with Crippen LogP contribution in [0, 0.1) is 28.4 Å². The molecule has 0 spiro atoms. The van der Waals surface area contributed by atoms with Crippen LogP contribution in [0.15, 0.2) is 31.6 Å². The van der Waals surface area contributed by atoms with E-state index in [0.717, 1.165) is 9.90 Å². The van der Waals surface area contributed by atoms with Gasteiger partial charge in [-0.05, 0) is 19.4 Å². The fourth-order valence-electron chi connectivity index (χ4n) is 2.63. The number of aryl methyl sites for hydroxylation is 2. The molecule has 2 aromatic heterocycles. The second kappa shape index (κ2) is 8.89. The third kappa shape index (κ3) is 4.82. The van der Waals surface area contributed by atoms with Gasteiger partial charge in [-0.25, -0.2) is 9.78 Å². The van der Waals surface area contributed by atoms with Gasteiger partial charge in [-0.3, -0.25) is 19.5 Å². The van der Waals surface area contributed by atoms with Gasteiger partial charge in [0.25, 0.3) is 5.69 Å². The van der Waals surface area contributed by atoms with Gasteiger partial charge in [0.2, 0.25) is 5.91 Å².